The molecule has 10 aromatic carbocycles. The number of hydrogen-bond donors (Lipinski definition) is 8. The molecule has 0 saturated carbocycles. The van der Waals surface area contributed by atoms with Crippen LogP contribution < -0.4 is 0 Å². The molecule has 0 fully saturated rings. The summed E-state index contributed by atoms with van der Waals surface area (Å²) in [5.74, 6) is -7.41. The van der Waals surface area contributed by atoms with Gasteiger partial charge in [0.25, 0.3) is 0 Å². The second-order valence-corrected chi connectivity index (χ2v) is 14.9. The van der Waals surface area contributed by atoms with Crippen molar-refractivity contribution < 1.29 is 45.3 Å². The van der Waals surface area contributed by atoms with Crippen molar-refractivity contribution in [3.63, 3.8) is 0 Å². The average molecular weight is 775 g/mol. The van der Waals surface area contributed by atoms with Crippen LogP contribution in [0.25, 0.3) is 109 Å². The Labute approximate surface area is 333 Å². The fraction of sp³-hybridized carbons (Fsp3) is 0. The van der Waals surface area contributed by atoms with E-state index in [4.69, 9.17) is 4.42 Å². The van der Waals surface area contributed by atoms with Crippen molar-refractivity contribution in [2.45, 2.75) is 0 Å². The molecule has 0 aliphatic heterocycles. The average Bonchev–Trinajstić information content (AvgIpc) is 3.66. The molecule has 11 rings (SSSR count). The minimum atomic E-state index is -1.02. The molecule has 0 radical (unpaired) electrons. The van der Waals surface area contributed by atoms with Gasteiger partial charge in [-0.1, -0.05) is 97.1 Å². The van der Waals surface area contributed by atoms with E-state index >= 15 is 0 Å². The van der Waals surface area contributed by atoms with Crippen LogP contribution in [-0.4, -0.2) is 40.9 Å². The summed E-state index contributed by atoms with van der Waals surface area (Å²) in [5.41, 5.74) is 3.90. The number of furan rings is 1. The van der Waals surface area contributed by atoms with Crippen LogP contribution in [0.15, 0.2) is 138 Å². The lowest BCUT2D eigenvalue weighted by Crippen LogP contribution is -1.95. The van der Waals surface area contributed by atoms with Crippen molar-refractivity contribution >= 4 is 75.8 Å². The number of phenolic OH excluding ortho intramolecular Hbond substituents is 8. The Balaban J connectivity index is 1.19. The SMILES string of the molecule is Oc1c(O)c(O)c2c(-c3ccc4ccc(-c5ccc6c(c5)oc5ccc7ccccc7c56)cc4c3)c3c(O)c(O)c(O)c(O)c3c(-c3ccc4ccccc4c3)c2c1O. The number of fused-ring (bicyclic) bond motifs is 9. The Hall–Kier alpha value is -8.30. The molecule has 9 nitrogen and oxygen atoms in total. The molecular formula is C50H30O9. The summed E-state index contributed by atoms with van der Waals surface area (Å²) in [7, 11) is 0. The van der Waals surface area contributed by atoms with Crippen LogP contribution in [0.1, 0.15) is 0 Å². The first kappa shape index (κ1) is 34.0. The zero-order chi connectivity index (χ0) is 40.4. The van der Waals surface area contributed by atoms with E-state index in [1.54, 1.807) is 30.3 Å². The van der Waals surface area contributed by atoms with E-state index < -0.39 is 46.0 Å². The highest BCUT2D eigenvalue weighted by Gasteiger charge is 2.32. The van der Waals surface area contributed by atoms with E-state index in [9.17, 15) is 40.9 Å². The van der Waals surface area contributed by atoms with Gasteiger partial charge in [-0.25, -0.2) is 0 Å². The van der Waals surface area contributed by atoms with Gasteiger partial charge in [0, 0.05) is 43.4 Å². The van der Waals surface area contributed by atoms with Crippen LogP contribution in [0.5, 0.6) is 46.0 Å². The van der Waals surface area contributed by atoms with E-state index in [2.05, 4.69) is 12.1 Å². The summed E-state index contributed by atoms with van der Waals surface area (Å²) >= 11 is 0. The zero-order valence-electron chi connectivity index (χ0n) is 30.7. The number of rotatable bonds is 3. The van der Waals surface area contributed by atoms with Gasteiger partial charge < -0.3 is 45.3 Å². The molecule has 0 spiro atoms. The monoisotopic (exact) mass is 774 g/mol. The second-order valence-electron chi connectivity index (χ2n) is 14.9. The van der Waals surface area contributed by atoms with Crippen LogP contribution >= 0.6 is 0 Å². The summed E-state index contributed by atoms with van der Waals surface area (Å²) in [6.07, 6.45) is 0. The summed E-state index contributed by atoms with van der Waals surface area (Å²) in [4.78, 5) is 0. The van der Waals surface area contributed by atoms with Gasteiger partial charge in [0.05, 0.1) is 0 Å². The molecule has 11 aromatic rings. The molecular weight excluding hydrogens is 745 g/mol. The topological polar surface area (TPSA) is 175 Å². The Morgan fingerprint density at radius 3 is 1.29 bits per heavy atom. The fourth-order valence-corrected chi connectivity index (χ4v) is 8.85. The summed E-state index contributed by atoms with van der Waals surface area (Å²) < 4.78 is 6.34. The van der Waals surface area contributed by atoms with Crippen LogP contribution in [0.2, 0.25) is 0 Å². The van der Waals surface area contributed by atoms with Crippen molar-refractivity contribution in [3.05, 3.63) is 133 Å². The molecule has 0 aliphatic carbocycles. The maximum Gasteiger partial charge on any atom is 0.204 e. The lowest BCUT2D eigenvalue weighted by molar-refractivity contribution is 0.350. The molecule has 1 heterocycles. The molecule has 9 heteroatoms. The quantitative estimate of drug-likeness (QED) is 0.0493. The summed E-state index contributed by atoms with van der Waals surface area (Å²) in [6, 6.07) is 42.1. The third-order valence-corrected chi connectivity index (χ3v) is 11.7. The Morgan fingerprint density at radius 2 is 0.695 bits per heavy atom. The van der Waals surface area contributed by atoms with E-state index in [0.717, 1.165) is 60.0 Å². The highest BCUT2D eigenvalue weighted by atomic mass is 16.4. The van der Waals surface area contributed by atoms with E-state index in [1.807, 2.05) is 91.0 Å². The Morgan fingerprint density at radius 1 is 0.271 bits per heavy atom. The van der Waals surface area contributed by atoms with E-state index in [-0.39, 0.29) is 32.7 Å². The van der Waals surface area contributed by atoms with Gasteiger partial charge in [-0.05, 0) is 91.0 Å². The fourth-order valence-electron chi connectivity index (χ4n) is 8.85. The predicted molar refractivity (Wildman–Crippen MR) is 231 cm³/mol. The third-order valence-electron chi connectivity index (χ3n) is 11.7. The molecule has 284 valence electrons. The van der Waals surface area contributed by atoms with E-state index in [0.29, 0.717) is 16.5 Å². The van der Waals surface area contributed by atoms with Crippen LogP contribution in [-0.2, 0) is 0 Å². The van der Waals surface area contributed by atoms with Gasteiger partial charge in [0.15, 0.2) is 23.0 Å². The van der Waals surface area contributed by atoms with Gasteiger partial charge in [-0.2, -0.15) is 0 Å². The van der Waals surface area contributed by atoms with Crippen molar-refractivity contribution in [1.82, 2.24) is 0 Å². The molecule has 1 aromatic heterocycles. The molecule has 0 unspecified atom stereocenters. The van der Waals surface area contributed by atoms with Gasteiger partial charge in [0.1, 0.15) is 11.2 Å². The molecule has 59 heavy (non-hydrogen) atoms. The number of phenols is 8. The molecule has 0 bridgehead atoms. The number of benzene rings is 10. The zero-order valence-corrected chi connectivity index (χ0v) is 30.7. The van der Waals surface area contributed by atoms with E-state index in [1.165, 1.54) is 0 Å². The Kier molecular flexibility index (Phi) is 6.97. The maximum atomic E-state index is 11.7. The lowest BCUT2D eigenvalue weighted by Gasteiger charge is -2.22. The van der Waals surface area contributed by atoms with Gasteiger partial charge >= 0.3 is 0 Å². The minimum absolute atomic E-state index is 0.00671. The lowest BCUT2D eigenvalue weighted by atomic mass is 9.83. The first-order valence-electron chi connectivity index (χ1n) is 18.7. The van der Waals surface area contributed by atoms with Crippen LogP contribution in [0.3, 0.4) is 0 Å². The number of hydrogen-bond acceptors (Lipinski definition) is 9. The first-order chi connectivity index (χ1) is 28.6. The first-order valence-corrected chi connectivity index (χ1v) is 18.7. The van der Waals surface area contributed by atoms with Crippen molar-refractivity contribution in [3.8, 4) is 79.4 Å². The number of aromatic hydroxyl groups is 8. The highest BCUT2D eigenvalue weighted by Crippen LogP contribution is 2.62. The van der Waals surface area contributed by atoms with Crippen molar-refractivity contribution in [2.24, 2.45) is 0 Å². The van der Waals surface area contributed by atoms with Gasteiger partial charge in [-0.15, -0.1) is 0 Å². The highest BCUT2D eigenvalue weighted by molar-refractivity contribution is 6.29. The van der Waals surface area contributed by atoms with Crippen LogP contribution in [0.4, 0.5) is 0 Å². The smallest absolute Gasteiger partial charge is 0.204 e. The second kappa shape index (κ2) is 12.1. The van der Waals surface area contributed by atoms with Crippen molar-refractivity contribution in [2.75, 3.05) is 0 Å². The largest absolute Gasteiger partial charge is 0.504 e. The normalized spacial score (nSPS) is 11.9. The standard InChI is InChI=1S/C50H30O9/c51-43-39-36(29-13-10-23-5-1-2-7-26(23)19-29)40-42(46(54)50(58)48(56)44(40)52)37(41(39)45(53)49(57)47(43)55)30-14-11-24-9-12-27(20-31(24)21-30)28-15-17-33-35(22-28)59-34-18-16-25-6-3-4-8-32(25)38(33)34/h1-22,51-58H. The van der Waals surface area contributed by atoms with Crippen LogP contribution in [0, 0.1) is 0 Å². The van der Waals surface area contributed by atoms with Gasteiger partial charge in [-0.3, -0.25) is 0 Å². The molecule has 8 N–H and O–H groups in total. The summed E-state index contributed by atoms with van der Waals surface area (Å²) in [6.45, 7) is 0. The summed E-state index contributed by atoms with van der Waals surface area (Å²) in [5, 5.41) is 97.2. The maximum absolute atomic E-state index is 11.7. The predicted octanol–water partition coefficient (Wildman–Crippen LogP) is 12.0. The Bertz CT molecular complexity index is 3580. The molecule has 0 aliphatic rings. The molecule has 0 atom stereocenters. The molecule has 0 saturated heterocycles. The van der Waals surface area contributed by atoms with Gasteiger partial charge in [0.2, 0.25) is 23.0 Å². The minimum Gasteiger partial charge on any atom is -0.504 e. The van der Waals surface area contributed by atoms with Crippen molar-refractivity contribution in [1.29, 1.82) is 0 Å². The molecule has 0 amide bonds. The third kappa shape index (κ3) is 4.73.